The number of aromatic hydroxyl groups is 1. The average molecular weight is 948 g/mol. The highest BCUT2D eigenvalue weighted by molar-refractivity contribution is 5.97. The highest BCUT2D eigenvalue weighted by atomic mass is 16.5. The van der Waals surface area contributed by atoms with Crippen LogP contribution >= 0.6 is 0 Å². The molecule has 3 saturated heterocycles. The summed E-state index contributed by atoms with van der Waals surface area (Å²) < 4.78 is 14.0. The van der Waals surface area contributed by atoms with E-state index in [1.165, 1.54) is 33.8 Å². The molecule has 0 radical (unpaired) electrons. The van der Waals surface area contributed by atoms with Crippen LogP contribution in [-0.4, -0.2) is 154 Å². The van der Waals surface area contributed by atoms with Gasteiger partial charge in [-0.05, 0) is 90.3 Å². The van der Waals surface area contributed by atoms with Crippen LogP contribution in [0.25, 0.3) is 33.3 Å². The SMILES string of the molecule is CCn1c(-c2cnccc2COC)c2c3cc(ccc31)-c1cc(O)cc(c1)C[C@H](NC(=O)C(C(C)C)N(C)C(=O)CN(C)C(=O)CN1C[C@@H]3N[C@@H]3C1=O)C(=O)N1CCC[C@H](N1)C(=O)OCC(C)(C)C2. The maximum absolute atomic E-state index is 14.7. The first-order chi connectivity index (χ1) is 32.9. The molecule has 18 nitrogen and oxygen atoms in total. The van der Waals surface area contributed by atoms with Gasteiger partial charge in [0, 0.05) is 87.6 Å². The Kier molecular flexibility index (Phi) is 14.2. The van der Waals surface area contributed by atoms with E-state index in [1.54, 1.807) is 39.3 Å². The highest BCUT2D eigenvalue weighted by Crippen LogP contribution is 2.41. The molecule has 2 aromatic carbocycles. The van der Waals surface area contributed by atoms with E-state index < -0.39 is 59.1 Å². The number of piperazine rings is 1. The van der Waals surface area contributed by atoms with E-state index in [1.807, 2.05) is 24.4 Å². The number of aromatic nitrogens is 2. The molecule has 5 amide bonds. The van der Waals surface area contributed by atoms with Crippen LogP contribution in [0.4, 0.5) is 0 Å². The number of aryl methyl sites for hydroxylation is 1. The molecule has 368 valence electrons. The molecule has 0 spiro atoms. The zero-order chi connectivity index (χ0) is 49.5. The Labute approximate surface area is 402 Å². The Morgan fingerprint density at radius 2 is 1.83 bits per heavy atom. The Balaban J connectivity index is 1.13. The van der Waals surface area contributed by atoms with E-state index >= 15 is 0 Å². The van der Waals surface area contributed by atoms with Crippen LogP contribution in [0.3, 0.4) is 0 Å². The first-order valence-corrected chi connectivity index (χ1v) is 23.9. The Hall–Kier alpha value is -6.37. The summed E-state index contributed by atoms with van der Waals surface area (Å²) in [5.74, 6) is -3.13. The number of esters is 1. The maximum Gasteiger partial charge on any atom is 0.324 e. The molecular formula is C51H65N9O9. The fourth-order valence-corrected chi connectivity index (χ4v) is 10.2. The topological polar surface area (TPSA) is 218 Å². The van der Waals surface area contributed by atoms with Gasteiger partial charge in [-0.1, -0.05) is 39.8 Å². The molecule has 1 unspecified atom stereocenters. The number of fused-ring (bicyclic) bond motifs is 7. The van der Waals surface area contributed by atoms with Crippen molar-refractivity contribution in [3.05, 3.63) is 71.5 Å². The van der Waals surface area contributed by atoms with E-state index in [0.29, 0.717) is 50.1 Å². The van der Waals surface area contributed by atoms with Crippen molar-refractivity contribution < 1.29 is 43.3 Å². The monoisotopic (exact) mass is 947 g/mol. The predicted molar refractivity (Wildman–Crippen MR) is 257 cm³/mol. The minimum atomic E-state index is -1.21. The van der Waals surface area contributed by atoms with Gasteiger partial charge in [-0.3, -0.25) is 44.1 Å². The standard InChI is InChI=1S/C51H65N9O9/c1-9-59-41-13-12-31-21-35(41)36(46(59)37-23-52-15-14-32(37)27-68-8)22-51(4,5)28-69-50(67)38-11-10-16-60(55-38)48(65)39(19-30-17-33(31)20-34(61)18-30)54-47(64)45(29(2)3)57(7)43(63)25-56(6)42(62)26-58-24-40-44(53-40)49(58)66/h12-15,17-18,20-21,23,29,38-40,44-45,53,55,61H,9-11,16,19,22,24-28H2,1-8H3,(H,54,64)/t38-,39-,40-,44-,45?/m0/s1. The van der Waals surface area contributed by atoms with E-state index in [2.05, 4.69) is 58.5 Å². The van der Waals surface area contributed by atoms with Crippen molar-refractivity contribution in [3.63, 3.8) is 0 Å². The average Bonchev–Trinajstić information content (AvgIpc) is 3.94. The van der Waals surface area contributed by atoms with Crippen LogP contribution in [-0.2, 0) is 64.2 Å². The van der Waals surface area contributed by atoms with Crippen LogP contribution in [0.2, 0.25) is 0 Å². The fraction of sp³-hybridized carbons (Fsp3) is 0.510. The largest absolute Gasteiger partial charge is 0.508 e. The number of hydrazine groups is 1. The van der Waals surface area contributed by atoms with Gasteiger partial charge in [0.2, 0.25) is 23.6 Å². The van der Waals surface area contributed by atoms with Crippen LogP contribution in [0, 0.1) is 11.3 Å². The third-order valence-corrected chi connectivity index (χ3v) is 13.8. The highest BCUT2D eigenvalue weighted by Gasteiger charge is 2.52. The van der Waals surface area contributed by atoms with Crippen molar-refractivity contribution in [2.24, 2.45) is 11.3 Å². The van der Waals surface area contributed by atoms with Crippen LogP contribution in [0.5, 0.6) is 5.75 Å². The predicted octanol–water partition coefficient (Wildman–Crippen LogP) is 3.01. The second-order valence-corrected chi connectivity index (χ2v) is 20.1. The summed E-state index contributed by atoms with van der Waals surface area (Å²) in [5, 5.41) is 19.7. The third kappa shape index (κ3) is 10.3. The summed E-state index contributed by atoms with van der Waals surface area (Å²) >= 11 is 0. The fourth-order valence-electron chi connectivity index (χ4n) is 10.2. The van der Waals surface area contributed by atoms with Crippen molar-refractivity contribution >= 4 is 46.4 Å². The van der Waals surface area contributed by atoms with E-state index in [4.69, 9.17) is 9.47 Å². The molecule has 4 aromatic rings. The van der Waals surface area contributed by atoms with Gasteiger partial charge >= 0.3 is 5.97 Å². The molecule has 18 heteroatoms. The van der Waals surface area contributed by atoms with E-state index in [-0.39, 0.29) is 56.4 Å². The number of likely N-dealkylation sites (N-methyl/N-ethyl adjacent to an activating group) is 2. The summed E-state index contributed by atoms with van der Waals surface area (Å²) in [6, 6.07) is 9.99. The van der Waals surface area contributed by atoms with Gasteiger partial charge in [0.15, 0.2) is 0 Å². The molecule has 3 fully saturated rings. The zero-order valence-electron chi connectivity index (χ0n) is 40.8. The lowest BCUT2D eigenvalue weighted by Gasteiger charge is -2.37. The number of carbonyl (C=O) groups is 6. The van der Waals surface area contributed by atoms with Crippen LogP contribution in [0.1, 0.15) is 64.2 Å². The number of methoxy groups -OCH3 is 1. The summed E-state index contributed by atoms with van der Waals surface area (Å²) in [6.45, 7) is 11.1. The third-order valence-electron chi connectivity index (χ3n) is 13.8. The van der Waals surface area contributed by atoms with Gasteiger partial charge in [-0.25, -0.2) is 5.43 Å². The number of carbonyl (C=O) groups excluding carboxylic acids is 6. The number of rotatable bonds is 12. The smallest absolute Gasteiger partial charge is 0.324 e. The summed E-state index contributed by atoms with van der Waals surface area (Å²) in [4.78, 5) is 91.1. The number of likely N-dealkylation sites (tertiary alicyclic amines) is 1. The molecule has 5 atom stereocenters. The molecule has 0 saturated carbocycles. The van der Waals surface area contributed by atoms with E-state index in [0.717, 1.165) is 38.9 Å². The molecule has 4 aliphatic heterocycles. The number of pyridine rings is 1. The molecule has 2 aromatic heterocycles. The number of benzene rings is 2. The lowest BCUT2D eigenvalue weighted by molar-refractivity contribution is -0.155. The van der Waals surface area contributed by atoms with Crippen molar-refractivity contribution in [1.82, 2.24) is 45.3 Å². The van der Waals surface area contributed by atoms with Crippen molar-refractivity contribution in [3.8, 4) is 28.1 Å². The summed E-state index contributed by atoms with van der Waals surface area (Å²) in [7, 11) is 4.63. The number of cyclic esters (lactones) is 1. The Morgan fingerprint density at radius 1 is 1.04 bits per heavy atom. The molecular weight excluding hydrogens is 883 g/mol. The molecule has 6 heterocycles. The van der Waals surface area contributed by atoms with Crippen molar-refractivity contribution in [1.29, 1.82) is 0 Å². The first-order valence-electron chi connectivity index (χ1n) is 23.9. The first kappa shape index (κ1) is 49.1. The minimum absolute atomic E-state index is 0.0344. The van der Waals surface area contributed by atoms with Gasteiger partial charge < -0.3 is 39.2 Å². The van der Waals surface area contributed by atoms with Gasteiger partial charge in [0.25, 0.3) is 5.91 Å². The molecule has 69 heavy (non-hydrogen) atoms. The second-order valence-electron chi connectivity index (χ2n) is 20.1. The van der Waals surface area contributed by atoms with E-state index in [9.17, 15) is 33.9 Å². The maximum atomic E-state index is 14.7. The molecule has 4 N–H and O–H groups in total. The lowest BCUT2D eigenvalue weighted by Crippen LogP contribution is -2.62. The number of hydrogen-bond acceptors (Lipinski definition) is 12. The molecule has 4 aliphatic rings. The number of phenolic OH excluding ortho intramolecular Hbond substituents is 1. The number of phenols is 1. The molecule has 8 rings (SSSR count). The van der Waals surface area contributed by atoms with Crippen LogP contribution in [0.15, 0.2) is 54.9 Å². The lowest BCUT2D eigenvalue weighted by atomic mass is 9.84. The van der Waals surface area contributed by atoms with Gasteiger partial charge in [0.1, 0.15) is 29.9 Å². The minimum Gasteiger partial charge on any atom is -0.508 e. The number of hydrogen-bond donors (Lipinski definition) is 4. The number of ether oxygens (including phenoxy) is 2. The summed E-state index contributed by atoms with van der Waals surface area (Å²) in [6.07, 6.45) is 5.01. The van der Waals surface area contributed by atoms with Gasteiger partial charge in [-0.2, -0.15) is 0 Å². The van der Waals surface area contributed by atoms with Crippen LogP contribution < -0.4 is 16.1 Å². The number of nitrogens with zero attached hydrogens (tertiary/aromatic N) is 6. The zero-order valence-corrected chi connectivity index (χ0v) is 40.8. The number of nitrogens with one attached hydrogen (secondary N) is 3. The second kappa shape index (κ2) is 19.9. The Morgan fingerprint density at radius 3 is 2.54 bits per heavy atom. The Bertz CT molecular complexity index is 2660. The van der Waals surface area contributed by atoms with Crippen molar-refractivity contribution in [2.45, 2.75) is 104 Å². The number of amides is 5. The summed E-state index contributed by atoms with van der Waals surface area (Å²) in [5.41, 5.74) is 9.56. The quantitative estimate of drug-likeness (QED) is 0.119. The van der Waals surface area contributed by atoms with Gasteiger partial charge in [-0.15, -0.1) is 0 Å². The van der Waals surface area contributed by atoms with Gasteiger partial charge in [0.05, 0.1) is 32.0 Å². The van der Waals surface area contributed by atoms with Crippen molar-refractivity contribution in [2.75, 3.05) is 54.0 Å². The molecule has 6 bridgehead atoms. The molecule has 0 aliphatic carbocycles. The normalized spacial score (nSPS) is 21.7.